The molecule has 29 heavy (non-hydrogen) atoms. The molecule has 0 aliphatic carbocycles. The van der Waals surface area contributed by atoms with E-state index in [4.69, 9.17) is 9.47 Å². The molecule has 0 rings (SSSR count). The molecule has 0 amide bonds. The quantitative estimate of drug-likeness (QED) is 0.216. The van der Waals surface area contributed by atoms with Gasteiger partial charge >= 0.3 is 41.5 Å². The van der Waals surface area contributed by atoms with Crippen molar-refractivity contribution in [3.8, 4) is 0 Å². The third-order valence-electron chi connectivity index (χ3n) is 5.00. The second-order valence-corrected chi connectivity index (χ2v) is 8.95. The Labute approximate surface area is 200 Å². The van der Waals surface area contributed by atoms with E-state index < -0.39 is 33.7 Å². The average molecular weight is 447 g/mol. The van der Waals surface area contributed by atoms with Crippen LogP contribution in [0.3, 0.4) is 0 Å². The van der Waals surface area contributed by atoms with E-state index in [1.54, 1.807) is 0 Å². The molecule has 0 aliphatic heterocycles. The van der Waals surface area contributed by atoms with Crippen molar-refractivity contribution >= 4 is 22.1 Å². The molecular weight excluding hydrogens is 407 g/mol. The number of unbranched alkanes of at least 4 members (excludes halogenated alkanes) is 2. The summed E-state index contributed by atoms with van der Waals surface area (Å²) in [6, 6.07) is 0. The number of esters is 2. The van der Waals surface area contributed by atoms with Gasteiger partial charge in [-0.05, 0) is 24.7 Å². The fourth-order valence-electron chi connectivity index (χ4n) is 2.82. The molecule has 168 valence electrons. The van der Waals surface area contributed by atoms with E-state index in [9.17, 15) is 22.6 Å². The monoisotopic (exact) mass is 446 g/mol. The van der Waals surface area contributed by atoms with Crippen LogP contribution in [0.25, 0.3) is 0 Å². The van der Waals surface area contributed by atoms with E-state index in [1.807, 2.05) is 13.8 Å². The van der Waals surface area contributed by atoms with Crippen molar-refractivity contribution in [2.75, 3.05) is 13.2 Å². The van der Waals surface area contributed by atoms with Crippen molar-refractivity contribution in [3.63, 3.8) is 0 Å². The van der Waals surface area contributed by atoms with Crippen molar-refractivity contribution in [2.24, 2.45) is 11.8 Å². The maximum Gasteiger partial charge on any atom is 1.00 e. The fraction of sp³-hybridized carbons (Fsp3) is 0.900. The Morgan fingerprint density at radius 1 is 0.897 bits per heavy atom. The first-order valence-electron chi connectivity index (χ1n) is 10.5. The van der Waals surface area contributed by atoms with Crippen LogP contribution in [-0.4, -0.2) is 43.4 Å². The summed E-state index contributed by atoms with van der Waals surface area (Å²) in [7, 11) is -4.76. The zero-order valence-corrected chi connectivity index (χ0v) is 21.6. The second kappa shape index (κ2) is 17.5. The van der Waals surface area contributed by atoms with Gasteiger partial charge < -0.3 is 10.9 Å². The molecule has 0 aromatic heterocycles. The van der Waals surface area contributed by atoms with E-state index in [-0.39, 0.29) is 56.0 Å². The molecule has 0 aromatic carbocycles. The predicted molar refractivity (Wildman–Crippen MR) is 110 cm³/mol. The minimum absolute atomic E-state index is 0. The van der Waals surface area contributed by atoms with Crippen molar-refractivity contribution < 1.29 is 63.0 Å². The fourth-order valence-corrected chi connectivity index (χ4v) is 3.48. The van der Waals surface area contributed by atoms with Crippen LogP contribution >= 0.6 is 0 Å². The van der Waals surface area contributed by atoms with Crippen molar-refractivity contribution in [3.05, 3.63) is 0 Å². The third-order valence-corrected chi connectivity index (χ3v) is 6.08. The molecule has 0 heterocycles. The van der Waals surface area contributed by atoms with Crippen LogP contribution in [-0.2, 0) is 29.2 Å². The van der Waals surface area contributed by atoms with Gasteiger partial charge in [-0.15, -0.1) is 0 Å². The molecule has 0 saturated heterocycles. The Morgan fingerprint density at radius 3 is 1.72 bits per heavy atom. The van der Waals surface area contributed by atoms with E-state index >= 15 is 0 Å². The van der Waals surface area contributed by atoms with E-state index in [2.05, 4.69) is 13.8 Å². The normalized spacial score (nSPS) is 14.4. The van der Waals surface area contributed by atoms with Gasteiger partial charge in [0, 0.05) is 0 Å². The molecule has 7 nitrogen and oxygen atoms in total. The van der Waals surface area contributed by atoms with E-state index in [0.717, 1.165) is 51.4 Å². The third kappa shape index (κ3) is 14.5. The van der Waals surface area contributed by atoms with Crippen molar-refractivity contribution in [2.45, 2.75) is 90.7 Å². The molecule has 0 saturated carbocycles. The Morgan fingerprint density at radius 2 is 1.34 bits per heavy atom. The second-order valence-electron chi connectivity index (χ2n) is 7.35. The Balaban J connectivity index is -0.00000364. The maximum absolute atomic E-state index is 12.2. The van der Waals surface area contributed by atoms with Gasteiger partial charge in [-0.3, -0.25) is 14.1 Å². The number of rotatable bonds is 16. The molecular formula is C20H39NaO7S. The molecule has 1 N–H and O–H groups in total. The summed E-state index contributed by atoms with van der Waals surface area (Å²) in [5.74, 6) is -1.61. The molecule has 0 aromatic rings. The van der Waals surface area contributed by atoms with E-state index in [1.165, 1.54) is 0 Å². The van der Waals surface area contributed by atoms with Crippen LogP contribution in [0.5, 0.6) is 0 Å². The Hall–Kier alpha value is -0.150. The number of hydrogen-bond donors (Lipinski definition) is 1. The Bertz CT molecular complexity index is 557. The molecule has 0 aliphatic rings. The van der Waals surface area contributed by atoms with Gasteiger partial charge in [0.05, 0.1) is 19.6 Å². The standard InChI is InChI=1S/C20H38O7S.Na.H/c1-5-9-11-16(7-3)14-26-19(21)13-18(28(23,24)25)20(22)27-15-17(8-4)12-10-6-2;;/h16-18H,5-15H2,1-4H3,(H,23,24,25);;/q;+1;-1. The smallest absolute Gasteiger partial charge is 1.00 e. The molecule has 0 fully saturated rings. The zero-order valence-electron chi connectivity index (χ0n) is 19.8. The van der Waals surface area contributed by atoms with Crippen LogP contribution in [0, 0.1) is 11.8 Å². The van der Waals surface area contributed by atoms with Crippen LogP contribution < -0.4 is 29.6 Å². The summed E-state index contributed by atoms with van der Waals surface area (Å²) in [4.78, 5) is 24.2. The van der Waals surface area contributed by atoms with Gasteiger partial charge in [0.1, 0.15) is 0 Å². The Kier molecular flexibility index (Phi) is 18.8. The molecule has 3 atom stereocenters. The van der Waals surface area contributed by atoms with Gasteiger partial charge in [-0.1, -0.05) is 66.2 Å². The summed E-state index contributed by atoms with van der Waals surface area (Å²) in [6.07, 6.45) is 6.74. The SMILES string of the molecule is CCCCC(CC)COC(=O)CC(C(=O)OCC(CC)CCCC)S(=O)(=O)O.[H-].[Na+]. The topological polar surface area (TPSA) is 107 Å². The van der Waals surface area contributed by atoms with Gasteiger partial charge in [0.2, 0.25) is 0 Å². The van der Waals surface area contributed by atoms with Crippen LogP contribution in [0.1, 0.15) is 86.9 Å². The summed E-state index contributed by atoms with van der Waals surface area (Å²) in [6.45, 7) is 8.35. The predicted octanol–water partition coefficient (Wildman–Crippen LogP) is 1.27. The van der Waals surface area contributed by atoms with E-state index in [0.29, 0.717) is 0 Å². The number of ether oxygens (including phenoxy) is 2. The maximum atomic E-state index is 12.2. The molecule has 0 bridgehead atoms. The molecule has 9 heteroatoms. The average Bonchev–Trinajstić information content (AvgIpc) is 2.65. The summed E-state index contributed by atoms with van der Waals surface area (Å²) in [5, 5.41) is -1.95. The molecule has 0 radical (unpaired) electrons. The number of hydrogen-bond acceptors (Lipinski definition) is 6. The zero-order chi connectivity index (χ0) is 21.6. The van der Waals surface area contributed by atoms with Crippen LogP contribution in [0.2, 0.25) is 0 Å². The summed E-state index contributed by atoms with van der Waals surface area (Å²) >= 11 is 0. The number of carbonyl (C=O) groups excluding carboxylic acids is 2. The molecule has 3 unspecified atom stereocenters. The van der Waals surface area contributed by atoms with Crippen molar-refractivity contribution in [1.82, 2.24) is 0 Å². The largest absolute Gasteiger partial charge is 1.00 e. The first-order valence-corrected chi connectivity index (χ1v) is 12.0. The minimum atomic E-state index is -4.76. The van der Waals surface area contributed by atoms with Gasteiger partial charge in [-0.25, -0.2) is 0 Å². The first kappa shape index (κ1) is 31.0. The van der Waals surface area contributed by atoms with Crippen molar-refractivity contribution in [1.29, 1.82) is 0 Å². The number of carbonyl (C=O) groups is 2. The summed E-state index contributed by atoms with van der Waals surface area (Å²) in [5.41, 5.74) is 0. The minimum Gasteiger partial charge on any atom is -1.00 e. The van der Waals surface area contributed by atoms with Crippen LogP contribution in [0.4, 0.5) is 0 Å². The van der Waals surface area contributed by atoms with Gasteiger partial charge in [0.15, 0.2) is 5.25 Å². The summed E-state index contributed by atoms with van der Waals surface area (Å²) < 4.78 is 42.8. The molecule has 0 spiro atoms. The van der Waals surface area contributed by atoms with Gasteiger partial charge in [0.25, 0.3) is 10.1 Å². The van der Waals surface area contributed by atoms with Crippen LogP contribution in [0.15, 0.2) is 0 Å². The first-order chi connectivity index (χ1) is 13.2. The van der Waals surface area contributed by atoms with Gasteiger partial charge in [-0.2, -0.15) is 8.42 Å².